The van der Waals surface area contributed by atoms with Crippen molar-refractivity contribution in [2.75, 3.05) is 5.32 Å². The van der Waals surface area contributed by atoms with Gasteiger partial charge in [0.05, 0.1) is 11.5 Å². The van der Waals surface area contributed by atoms with E-state index >= 15 is 0 Å². The molecule has 31 heavy (non-hydrogen) atoms. The number of hydrogen-bond donors (Lipinski definition) is 1. The minimum Gasteiger partial charge on any atom is -0.329 e. The zero-order valence-electron chi connectivity index (χ0n) is 18.3. The summed E-state index contributed by atoms with van der Waals surface area (Å²) in [6, 6.07) is 7.76. The Labute approximate surface area is 187 Å². The summed E-state index contributed by atoms with van der Waals surface area (Å²) in [6.07, 6.45) is 8.14. The molecule has 1 aliphatic heterocycles. The van der Waals surface area contributed by atoms with E-state index in [4.69, 9.17) is 0 Å². The summed E-state index contributed by atoms with van der Waals surface area (Å²) < 4.78 is 0. The fraction of sp³-hybridized carbons (Fsp3) is 0.583. The largest absolute Gasteiger partial charge is 0.329 e. The van der Waals surface area contributed by atoms with Crippen LogP contribution in [0.5, 0.6) is 0 Å². The Hall–Kier alpha value is -2.28. The van der Waals surface area contributed by atoms with Crippen LogP contribution >= 0.6 is 11.3 Å². The van der Waals surface area contributed by atoms with Crippen LogP contribution in [-0.2, 0) is 4.79 Å². The van der Waals surface area contributed by atoms with Gasteiger partial charge in [0.25, 0.3) is 5.91 Å². The molecule has 5 rings (SSSR count). The van der Waals surface area contributed by atoms with E-state index in [9.17, 15) is 9.59 Å². The highest BCUT2D eigenvalue weighted by Gasteiger charge is 2.55. The number of aromatic nitrogens is 2. The molecule has 2 amide bonds. The summed E-state index contributed by atoms with van der Waals surface area (Å²) in [5.74, 6) is 0.127. The van der Waals surface area contributed by atoms with Crippen molar-refractivity contribution in [1.82, 2.24) is 15.1 Å². The molecule has 0 bridgehead atoms. The van der Waals surface area contributed by atoms with Crippen molar-refractivity contribution in [2.24, 2.45) is 0 Å². The quantitative estimate of drug-likeness (QED) is 0.705. The van der Waals surface area contributed by atoms with Gasteiger partial charge in [-0.05, 0) is 50.7 Å². The van der Waals surface area contributed by atoms with Crippen molar-refractivity contribution in [3.8, 4) is 0 Å². The molecular formula is C24H30N4O2S. The monoisotopic (exact) mass is 438 g/mol. The standard InChI is InChI=1S/C24H30N4O2S/c1-3-15(2)28-22(30)18-10-6-5-9-17(18)19(24(28)13-7-4-8-14-24)20(29)25-23-27-26-21(31-23)16-11-12-16/h5-6,9-10,15-16,19H,3-4,7-8,11-14H2,1-2H3,(H,25,27,29)/t15-,19-/m0/s1. The second-order valence-corrected chi connectivity index (χ2v) is 10.3. The van der Waals surface area contributed by atoms with E-state index in [1.165, 1.54) is 11.3 Å². The maximum atomic E-state index is 13.9. The number of benzene rings is 1. The lowest BCUT2D eigenvalue weighted by Gasteiger charge is -2.55. The van der Waals surface area contributed by atoms with Crippen LogP contribution in [0.15, 0.2) is 24.3 Å². The second-order valence-electron chi connectivity index (χ2n) is 9.33. The lowest BCUT2D eigenvalue weighted by atomic mass is 9.64. The number of amides is 2. The molecule has 0 unspecified atom stereocenters. The number of carbonyl (C=O) groups is 2. The summed E-state index contributed by atoms with van der Waals surface area (Å²) in [5.41, 5.74) is 1.04. The molecule has 3 aliphatic rings. The SMILES string of the molecule is CC[C@H](C)N1C(=O)c2ccccc2[C@@H](C(=O)Nc2nnc(C3CC3)s2)C12CCCCC2. The molecule has 164 valence electrons. The van der Waals surface area contributed by atoms with Gasteiger partial charge in [0.15, 0.2) is 0 Å². The van der Waals surface area contributed by atoms with Crippen molar-refractivity contribution >= 4 is 28.3 Å². The smallest absolute Gasteiger partial charge is 0.254 e. The first-order valence-corrected chi connectivity index (χ1v) is 12.4. The second kappa shape index (κ2) is 8.01. The summed E-state index contributed by atoms with van der Waals surface area (Å²) in [7, 11) is 0. The Balaban J connectivity index is 1.57. The highest BCUT2D eigenvalue weighted by atomic mass is 32.1. The van der Waals surface area contributed by atoms with Crippen LogP contribution in [-0.4, -0.2) is 38.5 Å². The number of nitrogens with zero attached hydrogens (tertiary/aromatic N) is 3. The average Bonchev–Trinajstić information content (AvgIpc) is 3.53. The molecular weight excluding hydrogens is 408 g/mol. The van der Waals surface area contributed by atoms with Gasteiger partial charge in [-0.15, -0.1) is 10.2 Å². The van der Waals surface area contributed by atoms with E-state index in [1.807, 2.05) is 24.3 Å². The lowest BCUT2D eigenvalue weighted by Crippen LogP contribution is -2.64. The molecule has 2 heterocycles. The van der Waals surface area contributed by atoms with E-state index in [-0.39, 0.29) is 17.9 Å². The Morgan fingerprint density at radius 3 is 2.68 bits per heavy atom. The Morgan fingerprint density at radius 2 is 1.97 bits per heavy atom. The van der Waals surface area contributed by atoms with Gasteiger partial charge in [-0.25, -0.2) is 0 Å². The van der Waals surface area contributed by atoms with Crippen LogP contribution in [0.4, 0.5) is 5.13 Å². The van der Waals surface area contributed by atoms with Crippen molar-refractivity contribution in [1.29, 1.82) is 0 Å². The van der Waals surface area contributed by atoms with E-state index in [2.05, 4.69) is 34.3 Å². The van der Waals surface area contributed by atoms with E-state index in [0.717, 1.165) is 61.9 Å². The number of carbonyl (C=O) groups excluding carboxylic acids is 2. The van der Waals surface area contributed by atoms with Crippen LogP contribution in [0.2, 0.25) is 0 Å². The molecule has 1 spiro atoms. The third kappa shape index (κ3) is 3.47. The van der Waals surface area contributed by atoms with E-state index in [0.29, 0.717) is 16.6 Å². The van der Waals surface area contributed by atoms with Crippen molar-refractivity contribution in [3.05, 3.63) is 40.4 Å². The van der Waals surface area contributed by atoms with Crippen LogP contribution < -0.4 is 5.32 Å². The van der Waals surface area contributed by atoms with Crippen molar-refractivity contribution in [3.63, 3.8) is 0 Å². The Bertz CT molecular complexity index is 993. The van der Waals surface area contributed by atoms with Gasteiger partial charge < -0.3 is 4.90 Å². The van der Waals surface area contributed by atoms with Crippen LogP contribution in [0.3, 0.4) is 0 Å². The number of rotatable bonds is 5. The zero-order valence-corrected chi connectivity index (χ0v) is 19.1. The topological polar surface area (TPSA) is 75.2 Å². The fourth-order valence-corrected chi connectivity index (χ4v) is 6.48. The molecule has 0 radical (unpaired) electrons. The molecule has 2 aromatic rings. The molecule has 1 aromatic carbocycles. The van der Waals surface area contributed by atoms with Gasteiger partial charge in [0, 0.05) is 17.5 Å². The number of fused-ring (bicyclic) bond motifs is 1. The molecule has 2 atom stereocenters. The summed E-state index contributed by atoms with van der Waals surface area (Å²) in [6.45, 7) is 4.23. The summed E-state index contributed by atoms with van der Waals surface area (Å²) >= 11 is 1.49. The maximum Gasteiger partial charge on any atom is 0.254 e. The number of anilines is 1. The van der Waals surface area contributed by atoms with Crippen LogP contribution in [0.1, 0.15) is 98.0 Å². The Kier molecular flexibility index (Phi) is 5.32. The van der Waals surface area contributed by atoms with E-state index in [1.54, 1.807) is 0 Å². The van der Waals surface area contributed by atoms with Gasteiger partial charge >= 0.3 is 0 Å². The summed E-state index contributed by atoms with van der Waals surface area (Å²) in [5, 5.41) is 13.2. The molecule has 0 saturated heterocycles. The first-order valence-electron chi connectivity index (χ1n) is 11.6. The number of nitrogens with one attached hydrogen (secondary N) is 1. The predicted molar refractivity (Wildman–Crippen MR) is 121 cm³/mol. The van der Waals surface area contributed by atoms with Gasteiger partial charge in [-0.3, -0.25) is 14.9 Å². The minimum atomic E-state index is -0.479. The Morgan fingerprint density at radius 1 is 1.23 bits per heavy atom. The molecule has 2 saturated carbocycles. The van der Waals surface area contributed by atoms with Gasteiger partial charge in [-0.2, -0.15) is 0 Å². The van der Waals surface area contributed by atoms with Gasteiger partial charge in [-0.1, -0.05) is 55.7 Å². The zero-order chi connectivity index (χ0) is 21.6. The third-order valence-electron chi connectivity index (χ3n) is 7.35. The minimum absolute atomic E-state index is 0.0614. The predicted octanol–water partition coefficient (Wildman–Crippen LogP) is 5.10. The highest BCUT2D eigenvalue weighted by molar-refractivity contribution is 7.15. The third-order valence-corrected chi connectivity index (χ3v) is 8.35. The summed E-state index contributed by atoms with van der Waals surface area (Å²) in [4.78, 5) is 29.6. The molecule has 7 heteroatoms. The number of hydrogen-bond acceptors (Lipinski definition) is 5. The van der Waals surface area contributed by atoms with Gasteiger partial charge in [0.1, 0.15) is 5.01 Å². The first kappa shape index (κ1) is 20.6. The maximum absolute atomic E-state index is 13.9. The van der Waals surface area contributed by atoms with Crippen molar-refractivity contribution in [2.45, 2.75) is 88.6 Å². The lowest BCUT2D eigenvalue weighted by molar-refractivity contribution is -0.122. The molecule has 1 aromatic heterocycles. The molecule has 2 aliphatic carbocycles. The van der Waals surface area contributed by atoms with E-state index < -0.39 is 11.5 Å². The van der Waals surface area contributed by atoms with Crippen LogP contribution in [0, 0.1) is 0 Å². The van der Waals surface area contributed by atoms with Crippen molar-refractivity contribution < 1.29 is 9.59 Å². The highest BCUT2D eigenvalue weighted by Crippen LogP contribution is 2.51. The normalized spacial score (nSPS) is 23.5. The first-order chi connectivity index (χ1) is 15.0. The average molecular weight is 439 g/mol. The molecule has 1 N–H and O–H groups in total. The van der Waals surface area contributed by atoms with Gasteiger partial charge in [0.2, 0.25) is 11.0 Å². The fourth-order valence-electron chi connectivity index (χ4n) is 5.56. The molecule has 6 nitrogen and oxygen atoms in total. The van der Waals surface area contributed by atoms with Crippen LogP contribution in [0.25, 0.3) is 0 Å². The molecule has 2 fully saturated rings.